The van der Waals surface area contributed by atoms with Crippen LogP contribution in [0.5, 0.6) is 11.5 Å². The Kier molecular flexibility index (Phi) is 4.15. The molecular weight excluding hydrogens is 277 g/mol. The minimum absolute atomic E-state index is 0.0154. The largest absolute Gasteiger partial charge is 0.504 e. The number of hydrogen-bond donors (Lipinski definition) is 2. The maximum Gasteiger partial charge on any atom is 0.160 e. The first-order valence-electron chi connectivity index (χ1n) is 4.83. The second-order valence-corrected chi connectivity index (χ2v) is 4.59. The van der Waals surface area contributed by atoms with Crippen LogP contribution in [0.25, 0.3) is 0 Å². The summed E-state index contributed by atoms with van der Waals surface area (Å²) in [5.41, 5.74) is -1.09. The Hall–Kier alpha value is -0.810. The average Bonchev–Trinajstić information content (AvgIpc) is 2.17. The fraction of sp³-hybridized carbons (Fsp3) is 0.455. The Bertz CT molecular complexity index is 382. The number of rotatable bonds is 4. The van der Waals surface area contributed by atoms with E-state index in [0.29, 0.717) is 10.0 Å². The van der Waals surface area contributed by atoms with Gasteiger partial charge in [0.15, 0.2) is 11.5 Å². The van der Waals surface area contributed by atoms with Gasteiger partial charge in [-0.15, -0.1) is 0 Å². The van der Waals surface area contributed by atoms with Gasteiger partial charge in [-0.05, 0) is 26.1 Å². The first-order chi connectivity index (χ1) is 7.42. The van der Waals surface area contributed by atoms with E-state index in [1.165, 1.54) is 26.2 Å². The molecule has 1 aromatic rings. The van der Waals surface area contributed by atoms with Gasteiger partial charge in [-0.3, -0.25) is 0 Å². The van der Waals surface area contributed by atoms with Crippen LogP contribution >= 0.6 is 15.9 Å². The predicted molar refractivity (Wildman–Crippen MR) is 64.7 cm³/mol. The summed E-state index contributed by atoms with van der Waals surface area (Å²) in [5.74, 6) is 0.247. The van der Waals surface area contributed by atoms with Gasteiger partial charge < -0.3 is 15.2 Å². The third-order valence-electron chi connectivity index (χ3n) is 2.34. The topological polar surface area (TPSA) is 41.5 Å². The van der Waals surface area contributed by atoms with E-state index in [2.05, 4.69) is 21.2 Å². The lowest BCUT2D eigenvalue weighted by Crippen LogP contribution is -2.29. The molecule has 16 heavy (non-hydrogen) atoms. The number of benzene rings is 1. The highest BCUT2D eigenvalue weighted by Crippen LogP contribution is 2.38. The van der Waals surface area contributed by atoms with Crippen molar-refractivity contribution in [3.05, 3.63) is 22.2 Å². The van der Waals surface area contributed by atoms with E-state index in [0.717, 1.165) is 0 Å². The molecule has 0 aliphatic heterocycles. The number of ether oxygens (including phenoxy) is 1. The van der Waals surface area contributed by atoms with Crippen LogP contribution in [-0.4, -0.2) is 25.8 Å². The molecule has 2 N–H and O–H groups in total. The molecule has 3 nitrogen and oxygen atoms in total. The molecule has 0 fully saturated rings. The number of halogens is 2. The monoisotopic (exact) mass is 291 g/mol. The van der Waals surface area contributed by atoms with Crippen molar-refractivity contribution >= 4 is 15.9 Å². The molecule has 0 amide bonds. The van der Waals surface area contributed by atoms with Gasteiger partial charge in [-0.25, -0.2) is 4.39 Å². The number of likely N-dealkylation sites (N-methyl/N-ethyl adjacent to an activating group) is 1. The smallest absolute Gasteiger partial charge is 0.160 e. The first-order valence-corrected chi connectivity index (χ1v) is 5.62. The van der Waals surface area contributed by atoms with Gasteiger partial charge >= 0.3 is 0 Å². The summed E-state index contributed by atoms with van der Waals surface area (Å²) in [6.07, 6.45) is 0. The Morgan fingerprint density at radius 1 is 1.56 bits per heavy atom. The lowest BCUT2D eigenvalue weighted by Gasteiger charge is -2.22. The summed E-state index contributed by atoms with van der Waals surface area (Å²) < 4.78 is 19.8. The average molecular weight is 292 g/mol. The zero-order valence-corrected chi connectivity index (χ0v) is 11.1. The maximum atomic E-state index is 14.3. The highest BCUT2D eigenvalue weighted by Gasteiger charge is 2.28. The molecule has 90 valence electrons. The number of alkyl halides is 1. The van der Waals surface area contributed by atoms with Gasteiger partial charge in [0, 0.05) is 16.6 Å². The minimum Gasteiger partial charge on any atom is -0.504 e. The number of methoxy groups -OCH3 is 1. The summed E-state index contributed by atoms with van der Waals surface area (Å²) >= 11 is 3.23. The molecule has 5 heteroatoms. The zero-order chi connectivity index (χ0) is 12.3. The molecule has 1 rings (SSSR count). The van der Waals surface area contributed by atoms with Gasteiger partial charge in [-0.1, -0.05) is 15.9 Å². The van der Waals surface area contributed by atoms with Gasteiger partial charge in [0.25, 0.3) is 0 Å². The van der Waals surface area contributed by atoms with Crippen LogP contribution in [0.3, 0.4) is 0 Å². The van der Waals surface area contributed by atoms with E-state index in [1.807, 2.05) is 0 Å². The summed E-state index contributed by atoms with van der Waals surface area (Å²) in [5, 5.41) is 12.3. The SMILES string of the molecule is CNCC(C)(F)c1cc(OC)c(O)cc1Br. The van der Waals surface area contributed by atoms with Crippen LogP contribution < -0.4 is 10.1 Å². The maximum absolute atomic E-state index is 14.3. The highest BCUT2D eigenvalue weighted by atomic mass is 79.9. The van der Waals surface area contributed by atoms with Crippen LogP contribution in [0.15, 0.2) is 16.6 Å². The predicted octanol–water partition coefficient (Wildman–Crippen LogP) is 2.57. The van der Waals surface area contributed by atoms with Gasteiger partial charge in [-0.2, -0.15) is 0 Å². The minimum atomic E-state index is -1.53. The zero-order valence-electron chi connectivity index (χ0n) is 9.47. The van der Waals surface area contributed by atoms with Crippen molar-refractivity contribution < 1.29 is 14.2 Å². The fourth-order valence-corrected chi connectivity index (χ4v) is 2.28. The number of phenols is 1. The van der Waals surface area contributed by atoms with E-state index in [-0.39, 0.29) is 18.0 Å². The molecule has 0 saturated carbocycles. The summed E-state index contributed by atoms with van der Waals surface area (Å²) in [6, 6.07) is 2.93. The summed E-state index contributed by atoms with van der Waals surface area (Å²) in [7, 11) is 3.11. The van der Waals surface area contributed by atoms with Crippen LogP contribution in [0.4, 0.5) is 4.39 Å². The molecule has 1 unspecified atom stereocenters. The molecule has 0 bridgehead atoms. The van der Waals surface area contributed by atoms with Crippen molar-refractivity contribution in [3.63, 3.8) is 0 Å². The third-order valence-corrected chi connectivity index (χ3v) is 2.99. The molecule has 0 aliphatic carbocycles. The fourth-order valence-electron chi connectivity index (χ4n) is 1.53. The molecule has 0 aromatic heterocycles. The van der Waals surface area contributed by atoms with E-state index in [9.17, 15) is 9.50 Å². The molecule has 0 aliphatic rings. The number of aromatic hydroxyl groups is 1. The van der Waals surface area contributed by atoms with Crippen LogP contribution in [0, 0.1) is 0 Å². The third kappa shape index (κ3) is 2.65. The van der Waals surface area contributed by atoms with Gasteiger partial charge in [0.2, 0.25) is 0 Å². The van der Waals surface area contributed by atoms with E-state index in [1.54, 1.807) is 7.05 Å². The van der Waals surface area contributed by atoms with Crippen molar-refractivity contribution in [2.75, 3.05) is 20.7 Å². The molecule has 0 saturated heterocycles. The van der Waals surface area contributed by atoms with Crippen LogP contribution in [0.2, 0.25) is 0 Å². The van der Waals surface area contributed by atoms with Crippen molar-refractivity contribution in [1.29, 1.82) is 0 Å². The molecule has 0 spiro atoms. The van der Waals surface area contributed by atoms with Gasteiger partial charge in [0.05, 0.1) is 7.11 Å². The lowest BCUT2D eigenvalue weighted by molar-refractivity contribution is 0.189. The number of phenolic OH excluding ortho intramolecular Hbond substituents is 1. The van der Waals surface area contributed by atoms with Crippen molar-refractivity contribution in [2.24, 2.45) is 0 Å². The summed E-state index contributed by atoms with van der Waals surface area (Å²) in [6.45, 7) is 1.65. The Balaban J connectivity index is 3.22. The molecular formula is C11H15BrFNO2. The van der Waals surface area contributed by atoms with Crippen molar-refractivity contribution in [1.82, 2.24) is 5.32 Å². The Morgan fingerprint density at radius 3 is 2.69 bits per heavy atom. The number of hydrogen-bond acceptors (Lipinski definition) is 3. The van der Waals surface area contributed by atoms with Crippen LogP contribution in [0.1, 0.15) is 12.5 Å². The molecule has 0 radical (unpaired) electrons. The Labute approximate surface area is 103 Å². The van der Waals surface area contributed by atoms with Crippen LogP contribution in [-0.2, 0) is 5.67 Å². The second-order valence-electron chi connectivity index (χ2n) is 3.73. The van der Waals surface area contributed by atoms with E-state index in [4.69, 9.17) is 4.74 Å². The summed E-state index contributed by atoms with van der Waals surface area (Å²) in [4.78, 5) is 0. The van der Waals surface area contributed by atoms with Gasteiger partial charge in [0.1, 0.15) is 5.67 Å². The standard InChI is InChI=1S/C11H15BrFNO2/c1-11(13,6-14-2)7-4-10(16-3)9(15)5-8(7)12/h4-5,14-15H,6H2,1-3H3. The van der Waals surface area contributed by atoms with Crippen molar-refractivity contribution in [3.8, 4) is 11.5 Å². The second kappa shape index (κ2) is 5.01. The highest BCUT2D eigenvalue weighted by molar-refractivity contribution is 9.10. The first kappa shape index (κ1) is 13.3. The van der Waals surface area contributed by atoms with Crippen molar-refractivity contribution in [2.45, 2.75) is 12.6 Å². The van der Waals surface area contributed by atoms with E-state index >= 15 is 0 Å². The quantitative estimate of drug-likeness (QED) is 0.896. The Morgan fingerprint density at radius 2 is 2.19 bits per heavy atom. The molecule has 1 aromatic carbocycles. The molecule has 1 atom stereocenters. The lowest BCUT2D eigenvalue weighted by atomic mass is 9.97. The normalized spacial score (nSPS) is 14.6. The molecule has 0 heterocycles. The van der Waals surface area contributed by atoms with E-state index < -0.39 is 5.67 Å². The number of nitrogens with one attached hydrogen (secondary N) is 1.